The molecule has 3 N–H and O–H groups in total. The van der Waals surface area contributed by atoms with Gasteiger partial charge in [0.2, 0.25) is 0 Å². The van der Waals surface area contributed by atoms with E-state index < -0.39 is 0 Å². The van der Waals surface area contributed by atoms with Crippen molar-refractivity contribution < 1.29 is 4.79 Å². The number of carbonyl (C=O) groups excluding carboxylic acids is 1. The van der Waals surface area contributed by atoms with Gasteiger partial charge in [-0.2, -0.15) is 0 Å². The lowest BCUT2D eigenvalue weighted by Crippen LogP contribution is -2.13. The molecule has 0 spiro atoms. The summed E-state index contributed by atoms with van der Waals surface area (Å²) in [5.41, 5.74) is 7.20. The van der Waals surface area contributed by atoms with Gasteiger partial charge in [-0.1, -0.05) is 22.9 Å². The smallest absolute Gasteiger partial charge is 0.259 e. The van der Waals surface area contributed by atoms with E-state index in [9.17, 15) is 4.79 Å². The normalized spacial score (nSPS) is 10.7. The molecule has 0 atom stereocenters. The first-order chi connectivity index (χ1) is 9.63. The van der Waals surface area contributed by atoms with Crippen LogP contribution in [-0.2, 0) is 0 Å². The van der Waals surface area contributed by atoms with Crippen molar-refractivity contribution in [1.82, 2.24) is 9.97 Å². The lowest BCUT2D eigenvalue weighted by molar-refractivity contribution is 0.102. The number of hydrogen-bond acceptors (Lipinski definition) is 5. The van der Waals surface area contributed by atoms with Gasteiger partial charge in [0.1, 0.15) is 0 Å². The SMILES string of the molecule is Nc1cnccc1C(=O)Nc1nc2ccc(Cl)cc2s1. The molecule has 0 aliphatic heterocycles. The third kappa shape index (κ3) is 2.43. The number of carbonyl (C=O) groups is 1. The molecule has 2 aromatic heterocycles. The number of halogens is 1. The third-order valence-electron chi connectivity index (χ3n) is 2.67. The summed E-state index contributed by atoms with van der Waals surface area (Å²) in [4.78, 5) is 20.3. The van der Waals surface area contributed by atoms with E-state index in [1.807, 2.05) is 12.1 Å². The summed E-state index contributed by atoms with van der Waals surface area (Å²) < 4.78 is 0.913. The second kappa shape index (κ2) is 5.07. The van der Waals surface area contributed by atoms with Crippen LogP contribution in [0.3, 0.4) is 0 Å². The predicted molar refractivity (Wildman–Crippen MR) is 81.2 cm³/mol. The minimum Gasteiger partial charge on any atom is -0.397 e. The number of amides is 1. The van der Waals surface area contributed by atoms with Gasteiger partial charge in [-0.3, -0.25) is 15.1 Å². The van der Waals surface area contributed by atoms with Crippen molar-refractivity contribution in [2.24, 2.45) is 0 Å². The van der Waals surface area contributed by atoms with Crippen molar-refractivity contribution in [3.63, 3.8) is 0 Å². The van der Waals surface area contributed by atoms with Gasteiger partial charge in [0, 0.05) is 11.2 Å². The summed E-state index contributed by atoms with van der Waals surface area (Å²) >= 11 is 7.27. The molecule has 0 aliphatic carbocycles. The summed E-state index contributed by atoms with van der Waals surface area (Å²) in [5, 5.41) is 3.87. The maximum atomic E-state index is 12.1. The van der Waals surface area contributed by atoms with Crippen LogP contribution in [0.25, 0.3) is 10.2 Å². The van der Waals surface area contributed by atoms with Crippen molar-refractivity contribution in [1.29, 1.82) is 0 Å². The predicted octanol–water partition coefficient (Wildman–Crippen LogP) is 3.18. The number of nitrogens with one attached hydrogen (secondary N) is 1. The van der Waals surface area contributed by atoms with Gasteiger partial charge in [-0.15, -0.1) is 0 Å². The highest BCUT2D eigenvalue weighted by Gasteiger charge is 2.12. The van der Waals surface area contributed by atoms with E-state index >= 15 is 0 Å². The Morgan fingerprint density at radius 3 is 3.00 bits per heavy atom. The number of hydrogen-bond donors (Lipinski definition) is 2. The zero-order chi connectivity index (χ0) is 14.1. The van der Waals surface area contributed by atoms with Gasteiger partial charge < -0.3 is 5.73 Å². The van der Waals surface area contributed by atoms with E-state index in [1.165, 1.54) is 23.7 Å². The maximum absolute atomic E-state index is 12.1. The number of nitrogen functional groups attached to an aromatic ring is 1. The number of anilines is 2. The van der Waals surface area contributed by atoms with Crippen LogP contribution in [0.1, 0.15) is 10.4 Å². The molecule has 0 aliphatic rings. The fourth-order valence-electron chi connectivity index (χ4n) is 1.73. The topological polar surface area (TPSA) is 80.9 Å². The summed E-state index contributed by atoms with van der Waals surface area (Å²) in [5.74, 6) is -0.310. The minimum atomic E-state index is -0.310. The summed E-state index contributed by atoms with van der Waals surface area (Å²) in [6.07, 6.45) is 2.95. The molecule has 7 heteroatoms. The van der Waals surface area contributed by atoms with E-state index in [4.69, 9.17) is 17.3 Å². The monoisotopic (exact) mass is 304 g/mol. The summed E-state index contributed by atoms with van der Waals surface area (Å²) in [6.45, 7) is 0. The zero-order valence-corrected chi connectivity index (χ0v) is 11.7. The van der Waals surface area contributed by atoms with Crippen LogP contribution in [0.2, 0.25) is 5.02 Å². The number of benzene rings is 1. The van der Waals surface area contributed by atoms with E-state index in [-0.39, 0.29) is 5.91 Å². The number of thiazole rings is 1. The highest BCUT2D eigenvalue weighted by atomic mass is 35.5. The second-order valence-electron chi connectivity index (χ2n) is 4.05. The molecule has 0 saturated carbocycles. The molecule has 1 aromatic carbocycles. The molecular formula is C13H9ClN4OS. The van der Waals surface area contributed by atoms with Crippen molar-refractivity contribution in [3.05, 3.63) is 47.2 Å². The quantitative estimate of drug-likeness (QED) is 0.762. The molecule has 0 unspecified atom stereocenters. The number of rotatable bonds is 2. The van der Waals surface area contributed by atoms with Crippen LogP contribution in [0, 0.1) is 0 Å². The first kappa shape index (κ1) is 12.8. The first-order valence-electron chi connectivity index (χ1n) is 5.70. The minimum absolute atomic E-state index is 0.310. The van der Waals surface area contributed by atoms with Gasteiger partial charge in [0.25, 0.3) is 5.91 Å². The molecular weight excluding hydrogens is 296 g/mol. The number of nitrogens with zero attached hydrogens (tertiary/aromatic N) is 2. The van der Waals surface area contributed by atoms with Crippen LogP contribution in [0.5, 0.6) is 0 Å². The fraction of sp³-hybridized carbons (Fsp3) is 0. The number of pyridine rings is 1. The van der Waals surface area contributed by atoms with Crippen LogP contribution in [-0.4, -0.2) is 15.9 Å². The van der Waals surface area contributed by atoms with Gasteiger partial charge in [0.15, 0.2) is 5.13 Å². The van der Waals surface area contributed by atoms with Crippen LogP contribution in [0.15, 0.2) is 36.7 Å². The number of fused-ring (bicyclic) bond motifs is 1. The Morgan fingerprint density at radius 1 is 1.35 bits per heavy atom. The lowest BCUT2D eigenvalue weighted by atomic mass is 10.2. The molecule has 3 rings (SSSR count). The lowest BCUT2D eigenvalue weighted by Gasteiger charge is -2.03. The summed E-state index contributed by atoms with van der Waals surface area (Å²) in [6, 6.07) is 6.94. The Morgan fingerprint density at radius 2 is 2.20 bits per heavy atom. The van der Waals surface area contributed by atoms with E-state index in [2.05, 4.69) is 15.3 Å². The van der Waals surface area contributed by atoms with E-state index in [0.29, 0.717) is 21.4 Å². The second-order valence-corrected chi connectivity index (χ2v) is 5.52. The molecule has 0 bridgehead atoms. The highest BCUT2D eigenvalue weighted by Crippen LogP contribution is 2.28. The Bertz CT molecular complexity index is 802. The van der Waals surface area contributed by atoms with Crippen molar-refractivity contribution in [2.75, 3.05) is 11.1 Å². The van der Waals surface area contributed by atoms with Crippen molar-refractivity contribution in [3.8, 4) is 0 Å². The van der Waals surface area contributed by atoms with Crippen molar-refractivity contribution >= 4 is 49.9 Å². The number of nitrogens with two attached hydrogens (primary N) is 1. The average molecular weight is 305 g/mol. The van der Waals surface area contributed by atoms with Crippen molar-refractivity contribution in [2.45, 2.75) is 0 Å². The molecule has 2 heterocycles. The van der Waals surface area contributed by atoms with E-state index in [1.54, 1.807) is 12.1 Å². The molecule has 5 nitrogen and oxygen atoms in total. The Labute approximate surface area is 123 Å². The molecule has 0 fully saturated rings. The largest absolute Gasteiger partial charge is 0.397 e. The molecule has 0 saturated heterocycles. The number of aromatic nitrogens is 2. The average Bonchev–Trinajstić information content (AvgIpc) is 2.80. The molecule has 1 amide bonds. The van der Waals surface area contributed by atoms with Crippen LogP contribution >= 0.6 is 22.9 Å². The highest BCUT2D eigenvalue weighted by molar-refractivity contribution is 7.22. The van der Waals surface area contributed by atoms with Gasteiger partial charge >= 0.3 is 0 Å². The molecule has 100 valence electrons. The molecule has 0 radical (unpaired) electrons. The third-order valence-corrected chi connectivity index (χ3v) is 3.84. The standard InChI is InChI=1S/C13H9ClN4OS/c14-7-1-2-10-11(5-7)20-13(17-10)18-12(19)8-3-4-16-6-9(8)15/h1-6H,15H2,(H,17,18,19). The molecule has 20 heavy (non-hydrogen) atoms. The van der Waals surface area contributed by atoms with Crippen LogP contribution < -0.4 is 11.1 Å². The summed E-state index contributed by atoms with van der Waals surface area (Å²) in [7, 11) is 0. The van der Waals surface area contributed by atoms with Gasteiger partial charge in [-0.05, 0) is 24.3 Å². The Kier molecular flexibility index (Phi) is 3.25. The zero-order valence-electron chi connectivity index (χ0n) is 10.1. The Hall–Kier alpha value is -2.18. The first-order valence-corrected chi connectivity index (χ1v) is 6.90. The fourth-order valence-corrected chi connectivity index (χ4v) is 2.87. The van der Waals surface area contributed by atoms with E-state index in [0.717, 1.165) is 10.2 Å². The molecule has 3 aromatic rings. The van der Waals surface area contributed by atoms with Gasteiger partial charge in [-0.25, -0.2) is 4.98 Å². The maximum Gasteiger partial charge on any atom is 0.259 e. The van der Waals surface area contributed by atoms with Gasteiger partial charge in [0.05, 0.1) is 27.7 Å². The Balaban J connectivity index is 1.89. The van der Waals surface area contributed by atoms with Crippen LogP contribution in [0.4, 0.5) is 10.8 Å².